The average Bonchev–Trinajstić information content (AvgIpc) is 3.40. The fourth-order valence-electron chi connectivity index (χ4n) is 3.45. The first-order chi connectivity index (χ1) is 14.6. The summed E-state index contributed by atoms with van der Waals surface area (Å²) >= 11 is 1.23. The fourth-order valence-corrected chi connectivity index (χ4v) is 4.12. The third kappa shape index (κ3) is 3.21. The molecule has 1 atom stereocenters. The highest BCUT2D eigenvalue weighted by atomic mass is 32.1. The van der Waals surface area contributed by atoms with Crippen molar-refractivity contribution in [2.45, 2.75) is 6.04 Å². The number of aliphatic hydroxyl groups is 1. The number of aromatic nitrogens is 1. The molecule has 0 spiro atoms. The van der Waals surface area contributed by atoms with E-state index >= 15 is 0 Å². The Morgan fingerprint density at radius 1 is 1.07 bits per heavy atom. The summed E-state index contributed by atoms with van der Waals surface area (Å²) in [5, 5.41) is 13.1. The van der Waals surface area contributed by atoms with Crippen molar-refractivity contribution in [1.82, 2.24) is 4.98 Å². The molecule has 2 aromatic carbocycles. The fraction of sp³-hybridized carbons (Fsp3) is 0.136. The Morgan fingerprint density at radius 2 is 1.80 bits per heavy atom. The van der Waals surface area contributed by atoms with Crippen LogP contribution in [0.1, 0.15) is 17.2 Å². The van der Waals surface area contributed by atoms with Crippen LogP contribution in [0.2, 0.25) is 0 Å². The van der Waals surface area contributed by atoms with E-state index in [0.717, 1.165) is 0 Å². The third-order valence-electron chi connectivity index (χ3n) is 4.84. The molecule has 1 fully saturated rings. The number of aliphatic hydroxyl groups excluding tert-OH is 1. The Balaban J connectivity index is 1.95. The van der Waals surface area contributed by atoms with Crippen LogP contribution in [-0.2, 0) is 9.59 Å². The summed E-state index contributed by atoms with van der Waals surface area (Å²) in [6.45, 7) is 0. The molecule has 1 unspecified atom stereocenters. The van der Waals surface area contributed by atoms with E-state index in [-0.39, 0.29) is 11.3 Å². The molecule has 1 aliphatic heterocycles. The number of thiazole rings is 1. The van der Waals surface area contributed by atoms with Crippen molar-refractivity contribution in [2.24, 2.45) is 0 Å². The zero-order chi connectivity index (χ0) is 21.3. The molecule has 7 nitrogen and oxygen atoms in total. The number of methoxy groups -OCH3 is 2. The van der Waals surface area contributed by atoms with Crippen LogP contribution in [0, 0.1) is 0 Å². The number of ketones is 1. The van der Waals surface area contributed by atoms with Crippen molar-refractivity contribution in [3.8, 4) is 11.5 Å². The maximum Gasteiger partial charge on any atom is 0.301 e. The SMILES string of the molecule is COc1ccc(C2C(=C(O)c3ccccc3)C(=O)C(=O)N2c2nccs2)cc1OC. The topological polar surface area (TPSA) is 89.0 Å². The first-order valence-electron chi connectivity index (χ1n) is 9.04. The minimum atomic E-state index is -0.865. The van der Waals surface area contributed by atoms with E-state index in [1.165, 1.54) is 30.5 Å². The number of nitrogens with zero attached hydrogens (tertiary/aromatic N) is 2. The second-order valence-corrected chi connectivity index (χ2v) is 7.34. The van der Waals surface area contributed by atoms with Gasteiger partial charge in [-0.3, -0.25) is 14.5 Å². The molecular formula is C22H18N2O5S. The molecule has 30 heavy (non-hydrogen) atoms. The van der Waals surface area contributed by atoms with Crippen molar-refractivity contribution in [1.29, 1.82) is 0 Å². The van der Waals surface area contributed by atoms with Gasteiger partial charge in [0.15, 0.2) is 16.6 Å². The average molecular weight is 422 g/mol. The lowest BCUT2D eigenvalue weighted by Gasteiger charge is -2.23. The summed E-state index contributed by atoms with van der Waals surface area (Å²) in [5.74, 6) is -0.809. The number of anilines is 1. The molecule has 0 saturated carbocycles. The van der Waals surface area contributed by atoms with Crippen molar-refractivity contribution >= 4 is 33.9 Å². The number of carbonyl (C=O) groups excluding carboxylic acids is 2. The quantitative estimate of drug-likeness (QED) is 0.382. The van der Waals surface area contributed by atoms with Gasteiger partial charge in [-0.15, -0.1) is 11.3 Å². The monoisotopic (exact) mass is 422 g/mol. The van der Waals surface area contributed by atoms with Crippen LogP contribution in [0.25, 0.3) is 5.76 Å². The van der Waals surface area contributed by atoms with Gasteiger partial charge in [0, 0.05) is 17.1 Å². The largest absolute Gasteiger partial charge is 0.507 e. The summed E-state index contributed by atoms with van der Waals surface area (Å²) in [5.41, 5.74) is 1.02. The zero-order valence-electron chi connectivity index (χ0n) is 16.2. The molecule has 1 aliphatic rings. The minimum Gasteiger partial charge on any atom is -0.507 e. The number of rotatable bonds is 5. The third-order valence-corrected chi connectivity index (χ3v) is 5.61. The van der Waals surface area contributed by atoms with Gasteiger partial charge in [-0.2, -0.15) is 0 Å². The molecule has 0 aliphatic carbocycles. The van der Waals surface area contributed by atoms with Gasteiger partial charge < -0.3 is 14.6 Å². The number of hydrogen-bond acceptors (Lipinski definition) is 7. The van der Waals surface area contributed by atoms with Gasteiger partial charge in [-0.05, 0) is 17.7 Å². The first kappa shape index (κ1) is 19.7. The Bertz CT molecular complexity index is 1130. The molecule has 4 rings (SSSR count). The molecule has 3 aromatic rings. The summed E-state index contributed by atoms with van der Waals surface area (Å²) in [6, 6.07) is 12.9. The molecule has 1 N–H and O–H groups in total. The summed E-state index contributed by atoms with van der Waals surface area (Å²) < 4.78 is 10.7. The highest BCUT2D eigenvalue weighted by molar-refractivity contribution is 7.14. The predicted octanol–water partition coefficient (Wildman–Crippen LogP) is 3.79. The van der Waals surface area contributed by atoms with E-state index < -0.39 is 17.7 Å². The van der Waals surface area contributed by atoms with E-state index in [0.29, 0.717) is 27.8 Å². The van der Waals surface area contributed by atoms with Crippen LogP contribution in [0.15, 0.2) is 65.7 Å². The highest BCUT2D eigenvalue weighted by Crippen LogP contribution is 2.44. The van der Waals surface area contributed by atoms with Gasteiger partial charge >= 0.3 is 5.91 Å². The Hall–Kier alpha value is -3.65. The highest BCUT2D eigenvalue weighted by Gasteiger charge is 2.48. The van der Waals surface area contributed by atoms with E-state index in [4.69, 9.17) is 9.47 Å². The summed E-state index contributed by atoms with van der Waals surface area (Å²) in [7, 11) is 3.03. The Kier molecular flexibility index (Phi) is 5.24. The van der Waals surface area contributed by atoms with Gasteiger partial charge in [0.25, 0.3) is 5.78 Å². The van der Waals surface area contributed by atoms with Gasteiger partial charge in [-0.1, -0.05) is 36.4 Å². The van der Waals surface area contributed by atoms with Crippen LogP contribution in [0.4, 0.5) is 5.13 Å². The van der Waals surface area contributed by atoms with Crippen LogP contribution < -0.4 is 14.4 Å². The maximum atomic E-state index is 13.0. The van der Waals surface area contributed by atoms with E-state index in [1.54, 1.807) is 60.1 Å². The number of ether oxygens (including phenoxy) is 2. The van der Waals surface area contributed by atoms with Crippen LogP contribution in [0.3, 0.4) is 0 Å². The molecular weight excluding hydrogens is 404 g/mol. The smallest absolute Gasteiger partial charge is 0.301 e. The molecule has 1 amide bonds. The molecule has 1 saturated heterocycles. The molecule has 8 heteroatoms. The van der Waals surface area contributed by atoms with Crippen LogP contribution in [0.5, 0.6) is 11.5 Å². The van der Waals surface area contributed by atoms with Crippen molar-refractivity contribution in [3.63, 3.8) is 0 Å². The number of carbonyl (C=O) groups is 2. The summed E-state index contributed by atoms with van der Waals surface area (Å²) in [6.07, 6.45) is 1.56. The van der Waals surface area contributed by atoms with Gasteiger partial charge in [0.2, 0.25) is 0 Å². The standard InChI is InChI=1S/C22H18N2O5S/c1-28-15-9-8-14(12-16(15)29-2)18-17(19(25)13-6-4-3-5-7-13)20(26)21(27)24(18)22-23-10-11-30-22/h3-12,18,25H,1-2H3. The maximum absolute atomic E-state index is 13.0. The van der Waals surface area contributed by atoms with E-state index in [1.807, 2.05) is 0 Å². The molecule has 0 bridgehead atoms. The van der Waals surface area contributed by atoms with Gasteiger partial charge in [0.1, 0.15) is 5.76 Å². The van der Waals surface area contributed by atoms with Crippen LogP contribution >= 0.6 is 11.3 Å². The minimum absolute atomic E-state index is 0.00591. The molecule has 0 radical (unpaired) electrons. The second-order valence-electron chi connectivity index (χ2n) is 6.46. The van der Waals surface area contributed by atoms with Gasteiger partial charge in [0.05, 0.1) is 25.8 Å². The normalized spacial score (nSPS) is 17.9. The first-order valence-corrected chi connectivity index (χ1v) is 9.92. The lowest BCUT2D eigenvalue weighted by atomic mass is 9.95. The lowest BCUT2D eigenvalue weighted by Crippen LogP contribution is -2.29. The second kappa shape index (κ2) is 8.00. The molecule has 152 valence electrons. The molecule has 2 heterocycles. The number of benzene rings is 2. The lowest BCUT2D eigenvalue weighted by molar-refractivity contribution is -0.132. The van der Waals surface area contributed by atoms with Crippen molar-refractivity contribution in [3.05, 3.63) is 76.8 Å². The number of Topliss-reactive ketones (excluding diaryl/α,β-unsaturated/α-hetero) is 1. The van der Waals surface area contributed by atoms with E-state index in [2.05, 4.69) is 4.98 Å². The number of hydrogen-bond donors (Lipinski definition) is 1. The van der Waals surface area contributed by atoms with Crippen molar-refractivity contribution in [2.75, 3.05) is 19.1 Å². The van der Waals surface area contributed by atoms with Crippen molar-refractivity contribution < 1.29 is 24.2 Å². The van der Waals surface area contributed by atoms with Gasteiger partial charge in [-0.25, -0.2) is 4.98 Å². The Labute approximate surface area is 176 Å². The number of amides is 1. The predicted molar refractivity (Wildman–Crippen MR) is 113 cm³/mol. The zero-order valence-corrected chi connectivity index (χ0v) is 17.1. The summed E-state index contributed by atoms with van der Waals surface area (Å²) in [4.78, 5) is 31.5. The van der Waals surface area contributed by atoms with E-state index in [9.17, 15) is 14.7 Å². The van der Waals surface area contributed by atoms with Crippen LogP contribution in [-0.4, -0.2) is 36.0 Å². The molecule has 1 aromatic heterocycles. The Morgan fingerprint density at radius 3 is 2.43 bits per heavy atom.